The van der Waals surface area contributed by atoms with Crippen LogP contribution in [0.3, 0.4) is 0 Å². The molecule has 2 aromatic rings. The van der Waals surface area contributed by atoms with Gasteiger partial charge in [-0.2, -0.15) is 0 Å². The number of hydrogen-bond acceptors (Lipinski definition) is 5. The fourth-order valence-corrected chi connectivity index (χ4v) is 4.29. The second kappa shape index (κ2) is 11.7. The summed E-state index contributed by atoms with van der Waals surface area (Å²) in [5.41, 5.74) is 0. The molecule has 0 spiro atoms. The van der Waals surface area contributed by atoms with Crippen molar-refractivity contribution in [3.63, 3.8) is 0 Å². The summed E-state index contributed by atoms with van der Waals surface area (Å²) in [6.07, 6.45) is 6.73. The second-order valence-corrected chi connectivity index (χ2v) is 7.88. The van der Waals surface area contributed by atoms with Crippen molar-refractivity contribution in [2.75, 3.05) is 44.2 Å². The third-order valence-corrected chi connectivity index (χ3v) is 5.79. The molecule has 0 amide bonds. The highest BCUT2D eigenvalue weighted by Crippen LogP contribution is 2.26. The Bertz CT molecular complexity index is 827. The number of aliphatic imine (C=N–C) groups is 1. The van der Waals surface area contributed by atoms with E-state index >= 15 is 0 Å². The normalized spacial score (nSPS) is 20.5. The first kappa shape index (κ1) is 23.8. The molecule has 9 heteroatoms. The molecule has 0 bridgehead atoms. The van der Waals surface area contributed by atoms with Crippen LogP contribution in [-0.4, -0.2) is 61.2 Å². The maximum Gasteiger partial charge on any atom is 0.191 e. The van der Waals surface area contributed by atoms with Gasteiger partial charge in [0.2, 0.25) is 0 Å². The molecule has 2 atom stereocenters. The van der Waals surface area contributed by atoms with Gasteiger partial charge in [0.05, 0.1) is 18.8 Å². The number of pyridine rings is 1. The molecule has 7 nitrogen and oxygen atoms in total. The molecule has 2 fully saturated rings. The summed E-state index contributed by atoms with van der Waals surface area (Å²) in [7, 11) is 0. The maximum atomic E-state index is 14.1. The van der Waals surface area contributed by atoms with E-state index in [1.165, 1.54) is 18.9 Å². The highest BCUT2D eigenvalue weighted by molar-refractivity contribution is 14.0. The van der Waals surface area contributed by atoms with Gasteiger partial charge >= 0.3 is 0 Å². The van der Waals surface area contributed by atoms with Crippen molar-refractivity contribution < 1.29 is 8.81 Å². The van der Waals surface area contributed by atoms with Crippen LogP contribution in [0.4, 0.5) is 10.2 Å². The predicted octanol–water partition coefficient (Wildman–Crippen LogP) is 3.40. The molecule has 0 radical (unpaired) electrons. The Morgan fingerprint density at radius 1 is 1.29 bits per heavy atom. The van der Waals surface area contributed by atoms with Gasteiger partial charge in [0.1, 0.15) is 5.76 Å². The van der Waals surface area contributed by atoms with Crippen LogP contribution in [0.5, 0.6) is 0 Å². The molecule has 31 heavy (non-hydrogen) atoms. The minimum Gasteiger partial charge on any atom is -0.468 e. The average Bonchev–Trinajstić information content (AvgIpc) is 3.52. The lowest BCUT2D eigenvalue weighted by Crippen LogP contribution is -2.45. The van der Waals surface area contributed by atoms with Crippen molar-refractivity contribution in [3.05, 3.63) is 48.3 Å². The first-order chi connectivity index (χ1) is 14.7. The number of guanidine groups is 1. The molecule has 0 saturated carbocycles. The smallest absolute Gasteiger partial charge is 0.191 e. The van der Waals surface area contributed by atoms with Crippen molar-refractivity contribution in [1.29, 1.82) is 0 Å². The standard InChI is InChI=1S/C22H31FN6O.HI/c1-2-24-22(26-15-19(20-8-6-14-30-20)28-11-3-4-12-28)27-17-9-13-29(16-17)21-18(23)7-5-10-25-21;/h5-8,10,14,17,19H,2-4,9,11-13,15-16H2,1H3,(H2,24,26,27);1H. The first-order valence-corrected chi connectivity index (χ1v) is 10.9. The molecule has 2 aliphatic rings. The van der Waals surface area contributed by atoms with Crippen molar-refractivity contribution in [1.82, 2.24) is 20.5 Å². The highest BCUT2D eigenvalue weighted by Gasteiger charge is 2.27. The topological polar surface area (TPSA) is 68.9 Å². The molecule has 4 heterocycles. The molecule has 4 rings (SSSR count). The lowest BCUT2D eigenvalue weighted by molar-refractivity contribution is 0.221. The zero-order chi connectivity index (χ0) is 20.8. The van der Waals surface area contributed by atoms with Gasteiger partial charge in [-0.3, -0.25) is 9.89 Å². The van der Waals surface area contributed by atoms with Crippen LogP contribution < -0.4 is 15.5 Å². The number of furan rings is 1. The van der Waals surface area contributed by atoms with E-state index in [9.17, 15) is 4.39 Å². The molecule has 2 unspecified atom stereocenters. The van der Waals surface area contributed by atoms with Gasteiger partial charge in [-0.25, -0.2) is 9.37 Å². The number of anilines is 1. The van der Waals surface area contributed by atoms with E-state index in [0.29, 0.717) is 18.9 Å². The summed E-state index contributed by atoms with van der Waals surface area (Å²) in [5, 5.41) is 6.87. The maximum absolute atomic E-state index is 14.1. The Hall–Kier alpha value is -1.88. The number of rotatable bonds is 7. The summed E-state index contributed by atoms with van der Waals surface area (Å²) >= 11 is 0. The van der Waals surface area contributed by atoms with E-state index < -0.39 is 0 Å². The third-order valence-electron chi connectivity index (χ3n) is 5.79. The lowest BCUT2D eigenvalue weighted by atomic mass is 10.2. The van der Waals surface area contributed by atoms with E-state index in [2.05, 4.69) is 27.4 Å². The molecule has 170 valence electrons. The van der Waals surface area contributed by atoms with Gasteiger partial charge in [0.15, 0.2) is 17.6 Å². The average molecular weight is 542 g/mol. The van der Waals surface area contributed by atoms with Gasteiger partial charge in [0.25, 0.3) is 0 Å². The van der Waals surface area contributed by atoms with Crippen molar-refractivity contribution in [2.45, 2.75) is 38.3 Å². The molecule has 2 aromatic heterocycles. The number of nitrogens with zero attached hydrogens (tertiary/aromatic N) is 4. The fraction of sp³-hybridized carbons (Fsp3) is 0.545. The van der Waals surface area contributed by atoms with Crippen LogP contribution in [0.15, 0.2) is 46.1 Å². The van der Waals surface area contributed by atoms with E-state index in [0.717, 1.165) is 44.3 Å². The fourth-order valence-electron chi connectivity index (χ4n) is 4.29. The molecule has 2 aliphatic heterocycles. The zero-order valence-electron chi connectivity index (χ0n) is 18.0. The van der Waals surface area contributed by atoms with E-state index in [-0.39, 0.29) is 41.9 Å². The van der Waals surface area contributed by atoms with E-state index in [1.54, 1.807) is 18.5 Å². The molecule has 2 saturated heterocycles. The van der Waals surface area contributed by atoms with Gasteiger partial charge in [-0.05, 0) is 63.5 Å². The number of nitrogens with one attached hydrogen (secondary N) is 2. The summed E-state index contributed by atoms with van der Waals surface area (Å²) in [5.74, 6) is 1.91. The predicted molar refractivity (Wildman–Crippen MR) is 132 cm³/mol. The van der Waals surface area contributed by atoms with Crippen LogP contribution in [0.2, 0.25) is 0 Å². The lowest BCUT2D eigenvalue weighted by Gasteiger charge is -2.25. The number of hydrogen-bond donors (Lipinski definition) is 2. The first-order valence-electron chi connectivity index (χ1n) is 10.9. The summed E-state index contributed by atoms with van der Waals surface area (Å²) < 4.78 is 19.8. The van der Waals surface area contributed by atoms with Gasteiger partial charge in [0, 0.05) is 31.9 Å². The third kappa shape index (κ3) is 6.09. The number of halogens is 2. The Labute approximate surface area is 200 Å². The largest absolute Gasteiger partial charge is 0.468 e. The Morgan fingerprint density at radius 3 is 2.84 bits per heavy atom. The van der Waals surface area contributed by atoms with Crippen LogP contribution in [0, 0.1) is 5.82 Å². The molecule has 0 aromatic carbocycles. The highest BCUT2D eigenvalue weighted by atomic mass is 127. The summed E-state index contributed by atoms with van der Waals surface area (Å²) in [6.45, 7) is 7.11. The molecule has 0 aliphatic carbocycles. The SMILES string of the molecule is CCNC(=NCC(c1ccco1)N1CCCC1)NC1CCN(c2ncccc2F)C1.I. The Balaban J connectivity index is 0.00000272. The molecule has 2 N–H and O–H groups in total. The van der Waals surface area contributed by atoms with Crippen LogP contribution in [-0.2, 0) is 0 Å². The van der Waals surface area contributed by atoms with Crippen LogP contribution in [0.1, 0.15) is 38.0 Å². The van der Waals surface area contributed by atoms with Crippen molar-refractivity contribution in [2.24, 2.45) is 4.99 Å². The van der Waals surface area contributed by atoms with E-state index in [4.69, 9.17) is 9.41 Å². The number of likely N-dealkylation sites (tertiary alicyclic amines) is 1. The van der Waals surface area contributed by atoms with Crippen LogP contribution in [0.25, 0.3) is 0 Å². The number of aromatic nitrogens is 1. The van der Waals surface area contributed by atoms with Gasteiger partial charge in [-0.1, -0.05) is 0 Å². The minimum absolute atomic E-state index is 0. The summed E-state index contributed by atoms with van der Waals surface area (Å²) in [4.78, 5) is 13.5. The quantitative estimate of drug-likeness (QED) is 0.318. The van der Waals surface area contributed by atoms with E-state index in [1.807, 2.05) is 17.0 Å². The van der Waals surface area contributed by atoms with Crippen molar-refractivity contribution in [3.8, 4) is 0 Å². The second-order valence-electron chi connectivity index (χ2n) is 7.88. The molecular weight excluding hydrogens is 510 g/mol. The van der Waals surface area contributed by atoms with Gasteiger partial charge < -0.3 is 20.0 Å². The molecular formula is C22H32FIN6O. The summed E-state index contributed by atoms with van der Waals surface area (Å²) in [6, 6.07) is 7.40. The minimum atomic E-state index is -0.273. The van der Waals surface area contributed by atoms with Crippen LogP contribution >= 0.6 is 24.0 Å². The monoisotopic (exact) mass is 542 g/mol. The van der Waals surface area contributed by atoms with Gasteiger partial charge in [-0.15, -0.1) is 24.0 Å². The zero-order valence-corrected chi connectivity index (χ0v) is 20.3. The Morgan fingerprint density at radius 2 is 2.13 bits per heavy atom. The van der Waals surface area contributed by atoms with Crippen molar-refractivity contribution >= 4 is 35.8 Å². The Kier molecular flexibility index (Phi) is 8.94.